The van der Waals surface area contributed by atoms with Crippen LogP contribution in [0.5, 0.6) is 0 Å². The molecule has 1 saturated carbocycles. The Hall–Kier alpha value is -3.18. The molecule has 29 heavy (non-hydrogen) atoms. The lowest BCUT2D eigenvalue weighted by molar-refractivity contribution is 0.102. The standard InChI is InChI=1S/C18H17FN6O3S/c1-11-21-23-24-25(11)17-10-14(6-9-16(17)19)20-18(26)12-2-7-15(8-3-12)29(27,28)22-13-4-5-13/h2-3,6-10,13,22H,4-5H2,1H3,(H,20,26). The van der Waals surface area contributed by atoms with Crippen LogP contribution in [-0.4, -0.2) is 40.6 Å². The number of aromatic nitrogens is 4. The number of halogens is 1. The molecule has 0 bridgehead atoms. The molecule has 9 nitrogen and oxygen atoms in total. The van der Waals surface area contributed by atoms with E-state index in [0.717, 1.165) is 12.8 Å². The van der Waals surface area contributed by atoms with E-state index in [-0.39, 0.29) is 22.2 Å². The maximum Gasteiger partial charge on any atom is 0.255 e. The first kappa shape index (κ1) is 19.2. The van der Waals surface area contributed by atoms with E-state index in [1.54, 1.807) is 6.92 Å². The minimum Gasteiger partial charge on any atom is -0.322 e. The predicted octanol–water partition coefficient (Wildman–Crippen LogP) is 1.80. The molecule has 0 atom stereocenters. The van der Waals surface area contributed by atoms with Crippen molar-refractivity contribution in [1.82, 2.24) is 24.9 Å². The van der Waals surface area contributed by atoms with Gasteiger partial charge in [-0.1, -0.05) is 0 Å². The smallest absolute Gasteiger partial charge is 0.255 e. The molecule has 3 aromatic rings. The third-order valence-corrected chi connectivity index (χ3v) is 5.92. The summed E-state index contributed by atoms with van der Waals surface area (Å²) < 4.78 is 42.3. The highest BCUT2D eigenvalue weighted by Gasteiger charge is 2.28. The Labute approximate surface area is 166 Å². The molecule has 1 amide bonds. The van der Waals surface area contributed by atoms with Crippen LogP contribution in [0.25, 0.3) is 5.69 Å². The summed E-state index contributed by atoms with van der Waals surface area (Å²) in [5, 5.41) is 13.6. The van der Waals surface area contributed by atoms with Gasteiger partial charge in [-0.15, -0.1) is 5.10 Å². The van der Waals surface area contributed by atoms with Crippen molar-refractivity contribution in [2.75, 3.05) is 5.32 Å². The Morgan fingerprint density at radius 1 is 1.17 bits per heavy atom. The average Bonchev–Trinajstić information content (AvgIpc) is 3.40. The number of hydrogen-bond donors (Lipinski definition) is 2. The van der Waals surface area contributed by atoms with Crippen molar-refractivity contribution < 1.29 is 17.6 Å². The lowest BCUT2D eigenvalue weighted by Crippen LogP contribution is -2.25. The van der Waals surface area contributed by atoms with Crippen molar-refractivity contribution in [1.29, 1.82) is 0 Å². The fraction of sp³-hybridized carbons (Fsp3) is 0.222. The first-order valence-corrected chi connectivity index (χ1v) is 10.3. The fourth-order valence-electron chi connectivity index (χ4n) is 2.68. The maximum atomic E-state index is 14.1. The van der Waals surface area contributed by atoms with Gasteiger partial charge in [0.15, 0.2) is 5.82 Å². The number of nitrogens with zero attached hydrogens (tertiary/aromatic N) is 4. The lowest BCUT2D eigenvalue weighted by Gasteiger charge is -2.10. The maximum absolute atomic E-state index is 14.1. The zero-order valence-electron chi connectivity index (χ0n) is 15.3. The second-order valence-electron chi connectivity index (χ2n) is 6.68. The van der Waals surface area contributed by atoms with Crippen LogP contribution in [0.2, 0.25) is 0 Å². The Bertz CT molecular complexity index is 1170. The van der Waals surface area contributed by atoms with Crippen molar-refractivity contribution >= 4 is 21.6 Å². The van der Waals surface area contributed by atoms with Gasteiger partial charge in [-0.3, -0.25) is 4.79 Å². The summed E-state index contributed by atoms with van der Waals surface area (Å²) >= 11 is 0. The summed E-state index contributed by atoms with van der Waals surface area (Å²) in [4.78, 5) is 12.6. The number of tetrazole rings is 1. The molecule has 0 unspecified atom stereocenters. The topological polar surface area (TPSA) is 119 Å². The second kappa shape index (κ2) is 7.33. The highest BCUT2D eigenvalue weighted by Crippen LogP contribution is 2.23. The van der Waals surface area contributed by atoms with Gasteiger partial charge in [-0.25, -0.2) is 17.5 Å². The van der Waals surface area contributed by atoms with Crippen LogP contribution in [-0.2, 0) is 10.0 Å². The molecule has 1 aliphatic rings. The molecular formula is C18H17FN6O3S. The SMILES string of the molecule is Cc1nnnn1-c1cc(NC(=O)c2ccc(S(=O)(=O)NC3CC3)cc2)ccc1F. The van der Waals surface area contributed by atoms with E-state index < -0.39 is 21.7 Å². The lowest BCUT2D eigenvalue weighted by atomic mass is 10.2. The molecule has 11 heteroatoms. The number of carbonyl (C=O) groups excluding carboxylic acids is 1. The molecule has 2 aromatic carbocycles. The van der Waals surface area contributed by atoms with E-state index in [9.17, 15) is 17.6 Å². The Morgan fingerprint density at radius 3 is 2.52 bits per heavy atom. The summed E-state index contributed by atoms with van der Waals surface area (Å²) in [5.74, 6) is -0.616. The van der Waals surface area contributed by atoms with Gasteiger partial charge in [0.25, 0.3) is 5.91 Å². The summed E-state index contributed by atoms with van der Waals surface area (Å²) in [5.41, 5.74) is 0.700. The third kappa shape index (κ3) is 4.15. The van der Waals surface area contributed by atoms with Crippen molar-refractivity contribution in [3.05, 3.63) is 59.7 Å². The van der Waals surface area contributed by atoms with E-state index >= 15 is 0 Å². The number of nitrogens with one attached hydrogen (secondary N) is 2. The molecule has 0 saturated heterocycles. The monoisotopic (exact) mass is 416 g/mol. The van der Waals surface area contributed by atoms with Gasteiger partial charge >= 0.3 is 0 Å². The van der Waals surface area contributed by atoms with Crippen LogP contribution in [0, 0.1) is 12.7 Å². The number of hydrogen-bond acceptors (Lipinski definition) is 6. The minimum atomic E-state index is -3.58. The van der Waals surface area contributed by atoms with E-state index in [4.69, 9.17) is 0 Å². The van der Waals surface area contributed by atoms with E-state index in [0.29, 0.717) is 11.5 Å². The van der Waals surface area contributed by atoms with Crippen molar-refractivity contribution in [2.45, 2.75) is 30.7 Å². The number of anilines is 1. The van der Waals surface area contributed by atoms with Gasteiger partial charge < -0.3 is 5.32 Å². The zero-order chi connectivity index (χ0) is 20.6. The fourth-order valence-corrected chi connectivity index (χ4v) is 3.99. The van der Waals surface area contributed by atoms with Gasteiger partial charge in [0.05, 0.1) is 4.90 Å². The van der Waals surface area contributed by atoms with Crippen LogP contribution >= 0.6 is 0 Å². The Kier molecular flexibility index (Phi) is 4.84. The Balaban J connectivity index is 1.52. The summed E-state index contributed by atoms with van der Waals surface area (Å²) in [6.45, 7) is 1.62. The number of carbonyl (C=O) groups is 1. The van der Waals surface area contributed by atoms with Gasteiger partial charge in [-0.05, 0) is 72.7 Å². The van der Waals surface area contributed by atoms with Crippen LogP contribution in [0.4, 0.5) is 10.1 Å². The molecule has 4 rings (SSSR count). The normalized spacial score (nSPS) is 14.0. The molecule has 150 valence electrons. The average molecular weight is 416 g/mol. The molecule has 1 fully saturated rings. The first-order chi connectivity index (χ1) is 13.8. The molecule has 1 aliphatic carbocycles. The van der Waals surface area contributed by atoms with Crippen LogP contribution in [0.3, 0.4) is 0 Å². The van der Waals surface area contributed by atoms with Crippen molar-refractivity contribution in [3.8, 4) is 5.69 Å². The van der Waals surface area contributed by atoms with Gasteiger partial charge in [0.2, 0.25) is 10.0 Å². The van der Waals surface area contributed by atoms with Crippen LogP contribution in [0.15, 0.2) is 47.4 Å². The predicted molar refractivity (Wildman–Crippen MR) is 102 cm³/mol. The zero-order valence-corrected chi connectivity index (χ0v) is 16.1. The van der Waals surface area contributed by atoms with E-state index in [1.807, 2.05) is 0 Å². The number of benzene rings is 2. The summed E-state index contributed by atoms with van der Waals surface area (Å²) in [7, 11) is -3.58. The molecular weight excluding hydrogens is 399 g/mol. The molecule has 2 N–H and O–H groups in total. The van der Waals surface area contributed by atoms with Crippen molar-refractivity contribution in [3.63, 3.8) is 0 Å². The summed E-state index contributed by atoms with van der Waals surface area (Å²) in [6.07, 6.45) is 1.67. The quantitative estimate of drug-likeness (QED) is 0.633. The van der Waals surface area contributed by atoms with E-state index in [1.165, 1.54) is 47.1 Å². The first-order valence-electron chi connectivity index (χ1n) is 8.82. The second-order valence-corrected chi connectivity index (χ2v) is 8.39. The molecule has 0 radical (unpaired) electrons. The van der Waals surface area contributed by atoms with Gasteiger partial charge in [0.1, 0.15) is 11.5 Å². The number of aryl methyl sites for hydroxylation is 1. The molecule has 0 spiro atoms. The Morgan fingerprint density at radius 2 is 1.90 bits per heavy atom. The van der Waals surface area contributed by atoms with Gasteiger partial charge in [-0.2, -0.15) is 4.68 Å². The third-order valence-electron chi connectivity index (χ3n) is 4.38. The number of amides is 1. The number of sulfonamides is 1. The van der Waals surface area contributed by atoms with Gasteiger partial charge in [0, 0.05) is 17.3 Å². The highest BCUT2D eigenvalue weighted by atomic mass is 32.2. The minimum absolute atomic E-state index is 0.000490. The van der Waals surface area contributed by atoms with Crippen LogP contribution < -0.4 is 10.0 Å². The molecule has 1 aromatic heterocycles. The van der Waals surface area contributed by atoms with E-state index in [2.05, 4.69) is 25.6 Å². The molecule has 1 heterocycles. The van der Waals surface area contributed by atoms with Crippen LogP contribution in [0.1, 0.15) is 29.0 Å². The summed E-state index contributed by atoms with van der Waals surface area (Å²) in [6, 6.07) is 9.62. The largest absolute Gasteiger partial charge is 0.322 e. The van der Waals surface area contributed by atoms with Crippen molar-refractivity contribution in [2.24, 2.45) is 0 Å². The number of rotatable bonds is 6. The highest BCUT2D eigenvalue weighted by molar-refractivity contribution is 7.89. The molecule has 0 aliphatic heterocycles.